The molecule has 0 heterocycles. The van der Waals surface area contributed by atoms with Gasteiger partial charge in [-0.05, 0) is 31.5 Å². The molecule has 0 aromatic heterocycles. The number of nitro benzene ring substituents is 1. The van der Waals surface area contributed by atoms with Crippen LogP contribution >= 0.6 is 0 Å². The van der Waals surface area contributed by atoms with Crippen molar-refractivity contribution >= 4 is 17.6 Å². The first-order valence-electron chi connectivity index (χ1n) is 8.35. The third-order valence-corrected chi connectivity index (χ3v) is 4.05. The predicted molar refractivity (Wildman–Crippen MR) is 97.7 cm³/mol. The zero-order valence-corrected chi connectivity index (χ0v) is 14.9. The SMILES string of the molecule is CCOc1ccc(C(=O)NC(c2ccccc2)C(C)C(=O)O)cc1[N+](=O)[O-]. The zero-order valence-electron chi connectivity index (χ0n) is 14.9. The fourth-order valence-corrected chi connectivity index (χ4v) is 2.60. The molecule has 27 heavy (non-hydrogen) atoms. The van der Waals surface area contributed by atoms with Gasteiger partial charge in [-0.2, -0.15) is 0 Å². The van der Waals surface area contributed by atoms with Crippen LogP contribution in [0, 0.1) is 16.0 Å². The van der Waals surface area contributed by atoms with Crippen LogP contribution in [-0.4, -0.2) is 28.5 Å². The second-order valence-corrected chi connectivity index (χ2v) is 5.86. The lowest BCUT2D eigenvalue weighted by atomic mass is 9.94. The average Bonchev–Trinajstić information content (AvgIpc) is 2.66. The van der Waals surface area contributed by atoms with Crippen molar-refractivity contribution in [1.29, 1.82) is 0 Å². The number of benzene rings is 2. The Kier molecular flexibility index (Phi) is 6.48. The van der Waals surface area contributed by atoms with Crippen LogP contribution in [0.2, 0.25) is 0 Å². The standard InChI is InChI=1S/C19H20N2O6/c1-3-27-16-10-9-14(11-15(16)21(25)26)18(22)20-17(12(2)19(23)24)13-7-5-4-6-8-13/h4-12,17H,3H2,1-2H3,(H,20,22)(H,23,24). The van der Waals surface area contributed by atoms with Crippen LogP contribution in [-0.2, 0) is 4.79 Å². The monoisotopic (exact) mass is 372 g/mol. The number of carboxylic acids is 1. The molecule has 0 aliphatic heterocycles. The number of carbonyl (C=O) groups is 2. The van der Waals surface area contributed by atoms with Gasteiger partial charge in [0.05, 0.1) is 23.5 Å². The highest BCUT2D eigenvalue weighted by molar-refractivity contribution is 5.95. The van der Waals surface area contributed by atoms with Gasteiger partial charge in [0.2, 0.25) is 0 Å². The molecule has 2 aromatic carbocycles. The van der Waals surface area contributed by atoms with Crippen molar-refractivity contribution in [3.05, 3.63) is 69.8 Å². The predicted octanol–water partition coefficient (Wildman–Crippen LogP) is 3.19. The molecule has 2 rings (SSSR count). The van der Waals surface area contributed by atoms with Gasteiger partial charge in [0.25, 0.3) is 5.91 Å². The number of amides is 1. The Balaban J connectivity index is 2.33. The van der Waals surface area contributed by atoms with Crippen LogP contribution in [0.5, 0.6) is 5.75 Å². The summed E-state index contributed by atoms with van der Waals surface area (Å²) >= 11 is 0. The molecule has 0 fully saturated rings. The van der Waals surface area contributed by atoms with Gasteiger partial charge < -0.3 is 15.2 Å². The molecule has 142 valence electrons. The number of nitrogens with one attached hydrogen (secondary N) is 1. The summed E-state index contributed by atoms with van der Waals surface area (Å²) in [5.74, 6) is -2.50. The smallest absolute Gasteiger partial charge is 0.311 e. The first-order valence-corrected chi connectivity index (χ1v) is 8.35. The van der Waals surface area contributed by atoms with Gasteiger partial charge in [0.1, 0.15) is 0 Å². The van der Waals surface area contributed by atoms with Crippen molar-refractivity contribution < 1.29 is 24.4 Å². The Morgan fingerprint density at radius 2 is 1.89 bits per heavy atom. The van der Waals surface area contributed by atoms with Gasteiger partial charge in [0.15, 0.2) is 5.75 Å². The van der Waals surface area contributed by atoms with Crippen molar-refractivity contribution in [2.45, 2.75) is 19.9 Å². The minimum atomic E-state index is -1.07. The van der Waals surface area contributed by atoms with Gasteiger partial charge in [-0.25, -0.2) is 0 Å². The minimum Gasteiger partial charge on any atom is -0.487 e. The van der Waals surface area contributed by atoms with Crippen molar-refractivity contribution in [1.82, 2.24) is 5.32 Å². The minimum absolute atomic E-state index is 0.0451. The van der Waals surface area contributed by atoms with E-state index in [1.807, 2.05) is 0 Å². The molecule has 0 spiro atoms. The summed E-state index contributed by atoms with van der Waals surface area (Å²) < 4.78 is 5.20. The normalized spacial score (nSPS) is 12.7. The molecule has 8 heteroatoms. The summed E-state index contributed by atoms with van der Waals surface area (Å²) in [5.41, 5.74) is 0.344. The Morgan fingerprint density at radius 3 is 2.44 bits per heavy atom. The van der Waals surface area contributed by atoms with E-state index in [0.29, 0.717) is 5.56 Å². The molecule has 1 amide bonds. The largest absolute Gasteiger partial charge is 0.487 e. The summed E-state index contributed by atoms with van der Waals surface area (Å²) in [4.78, 5) is 34.7. The number of ether oxygens (including phenoxy) is 1. The second kappa shape index (κ2) is 8.79. The number of nitrogens with zero attached hydrogens (tertiary/aromatic N) is 1. The molecule has 0 bridgehead atoms. The Hall–Kier alpha value is -3.42. The Morgan fingerprint density at radius 1 is 1.22 bits per heavy atom. The lowest BCUT2D eigenvalue weighted by Gasteiger charge is -2.23. The van der Waals surface area contributed by atoms with Gasteiger partial charge in [-0.3, -0.25) is 19.7 Å². The molecule has 0 saturated heterocycles. The summed E-state index contributed by atoms with van der Waals surface area (Å²) in [6.45, 7) is 3.43. The molecule has 0 saturated carbocycles. The van der Waals surface area contributed by atoms with Crippen LogP contribution < -0.4 is 10.1 Å². The van der Waals surface area contributed by atoms with E-state index in [0.717, 1.165) is 6.07 Å². The fraction of sp³-hybridized carbons (Fsp3) is 0.263. The summed E-state index contributed by atoms with van der Waals surface area (Å²) in [6.07, 6.45) is 0. The van der Waals surface area contributed by atoms with E-state index in [1.165, 1.54) is 19.1 Å². The summed E-state index contributed by atoms with van der Waals surface area (Å²) in [7, 11) is 0. The number of hydrogen-bond acceptors (Lipinski definition) is 5. The lowest BCUT2D eigenvalue weighted by molar-refractivity contribution is -0.385. The molecule has 2 N–H and O–H groups in total. The number of rotatable bonds is 8. The maximum Gasteiger partial charge on any atom is 0.311 e. The van der Waals surface area contributed by atoms with Crippen molar-refractivity contribution in [3.8, 4) is 5.75 Å². The summed E-state index contributed by atoms with van der Waals surface area (Å²) in [6, 6.07) is 11.8. The lowest BCUT2D eigenvalue weighted by Crippen LogP contribution is -2.35. The summed E-state index contributed by atoms with van der Waals surface area (Å²) in [5, 5.41) is 23.2. The Labute approximate surface area is 155 Å². The van der Waals surface area contributed by atoms with E-state index in [4.69, 9.17) is 4.74 Å². The van der Waals surface area contributed by atoms with Gasteiger partial charge in [-0.15, -0.1) is 0 Å². The van der Waals surface area contributed by atoms with Crippen LogP contribution in [0.15, 0.2) is 48.5 Å². The Bertz CT molecular complexity index is 837. The van der Waals surface area contributed by atoms with E-state index in [9.17, 15) is 24.8 Å². The first-order chi connectivity index (χ1) is 12.8. The van der Waals surface area contributed by atoms with E-state index in [-0.39, 0.29) is 23.6 Å². The van der Waals surface area contributed by atoms with Crippen molar-refractivity contribution in [2.75, 3.05) is 6.61 Å². The molecule has 2 unspecified atom stereocenters. The number of aliphatic carboxylic acids is 1. The highest BCUT2D eigenvalue weighted by Crippen LogP contribution is 2.29. The fourth-order valence-electron chi connectivity index (χ4n) is 2.60. The molecule has 2 aromatic rings. The van der Waals surface area contributed by atoms with E-state index >= 15 is 0 Å². The van der Waals surface area contributed by atoms with E-state index < -0.39 is 28.8 Å². The maximum atomic E-state index is 12.6. The number of carboxylic acid groups (broad SMARTS) is 1. The van der Waals surface area contributed by atoms with E-state index in [1.54, 1.807) is 37.3 Å². The molecular formula is C19H20N2O6. The molecule has 8 nitrogen and oxygen atoms in total. The van der Waals surface area contributed by atoms with Crippen LogP contribution in [0.4, 0.5) is 5.69 Å². The third-order valence-electron chi connectivity index (χ3n) is 4.05. The molecule has 0 aliphatic carbocycles. The molecule has 0 aliphatic rings. The van der Waals surface area contributed by atoms with Crippen LogP contribution in [0.25, 0.3) is 0 Å². The number of carbonyl (C=O) groups excluding carboxylic acids is 1. The van der Waals surface area contributed by atoms with Crippen molar-refractivity contribution in [2.24, 2.45) is 5.92 Å². The third kappa shape index (κ3) is 4.81. The second-order valence-electron chi connectivity index (χ2n) is 5.86. The maximum absolute atomic E-state index is 12.6. The van der Waals surface area contributed by atoms with E-state index in [2.05, 4.69) is 5.32 Å². The van der Waals surface area contributed by atoms with Crippen LogP contribution in [0.3, 0.4) is 0 Å². The van der Waals surface area contributed by atoms with Gasteiger partial charge in [0, 0.05) is 11.6 Å². The number of nitro groups is 1. The highest BCUT2D eigenvalue weighted by atomic mass is 16.6. The molecule has 0 radical (unpaired) electrons. The van der Waals surface area contributed by atoms with Crippen LogP contribution in [0.1, 0.15) is 35.8 Å². The first kappa shape index (κ1) is 19.9. The molecular weight excluding hydrogens is 352 g/mol. The average molecular weight is 372 g/mol. The highest BCUT2D eigenvalue weighted by Gasteiger charge is 2.28. The zero-order chi connectivity index (χ0) is 20.0. The molecule has 2 atom stereocenters. The number of hydrogen-bond donors (Lipinski definition) is 2. The van der Waals surface area contributed by atoms with Crippen molar-refractivity contribution in [3.63, 3.8) is 0 Å². The quantitative estimate of drug-likeness (QED) is 0.542. The van der Waals surface area contributed by atoms with Gasteiger partial charge in [-0.1, -0.05) is 30.3 Å². The topological polar surface area (TPSA) is 119 Å². The van der Waals surface area contributed by atoms with Gasteiger partial charge >= 0.3 is 11.7 Å².